The number of H-pyrrole nitrogens is 1. The first-order chi connectivity index (χ1) is 33.1. The molecule has 4 aromatic carbocycles. The summed E-state index contributed by atoms with van der Waals surface area (Å²) in [6.07, 6.45) is 7.16. The third-order valence-corrected chi connectivity index (χ3v) is 15.3. The Morgan fingerprint density at radius 1 is 0.634 bits per heavy atom. The van der Waals surface area contributed by atoms with E-state index in [1.54, 1.807) is 30.7 Å². The molecular formula is C49H52AlBr3Cl6CuF4N4O3. The van der Waals surface area contributed by atoms with Crippen LogP contribution in [0.5, 0.6) is 0 Å². The predicted molar refractivity (Wildman–Crippen MR) is 303 cm³/mol. The number of nitrogens with zero attached hydrogens (tertiary/aromatic N) is 3. The summed E-state index contributed by atoms with van der Waals surface area (Å²) in [5.74, 6) is -1.75. The number of aryl methyl sites for hydroxylation is 3. The molecule has 0 amide bonds. The Bertz CT molecular complexity index is 2970. The van der Waals surface area contributed by atoms with E-state index in [4.69, 9.17) is 56.5 Å². The molecule has 0 spiro atoms. The normalized spacial score (nSPS) is 10.2. The minimum atomic E-state index is -0.688. The average molecular weight is 1360 g/mol. The number of carbonyl (C=O) groups is 3. The van der Waals surface area contributed by atoms with E-state index in [-0.39, 0.29) is 61.3 Å². The van der Waals surface area contributed by atoms with Gasteiger partial charge >= 0.3 is 52.8 Å². The number of aromatic amines is 1. The third-order valence-electron chi connectivity index (χ3n) is 9.96. The van der Waals surface area contributed by atoms with Crippen molar-refractivity contribution in [1.82, 2.24) is 18.7 Å². The Labute approximate surface area is 474 Å². The van der Waals surface area contributed by atoms with Crippen molar-refractivity contribution in [3.05, 3.63) is 140 Å². The number of rotatable bonds is 8. The van der Waals surface area contributed by atoms with Crippen molar-refractivity contribution in [2.75, 3.05) is 5.33 Å². The van der Waals surface area contributed by atoms with Gasteiger partial charge in [0.2, 0.25) is 5.24 Å². The van der Waals surface area contributed by atoms with Crippen LogP contribution in [0.1, 0.15) is 76.6 Å². The number of hydrogen-bond donors (Lipinski definition) is 1. The first-order valence-corrected chi connectivity index (χ1v) is 32.2. The number of aromatic nitrogens is 4. The summed E-state index contributed by atoms with van der Waals surface area (Å²) in [7, 11) is 5.79. The van der Waals surface area contributed by atoms with E-state index in [1.165, 1.54) is 72.2 Å². The van der Waals surface area contributed by atoms with E-state index in [0.717, 1.165) is 28.4 Å². The molecule has 8 aromatic rings. The summed E-state index contributed by atoms with van der Waals surface area (Å²) in [5, 5.41) is 6.09. The number of ketones is 2. The van der Waals surface area contributed by atoms with Gasteiger partial charge in [-0.15, -0.1) is 0 Å². The number of benzene rings is 4. The Balaban J connectivity index is 0.000000438. The van der Waals surface area contributed by atoms with Crippen LogP contribution in [-0.4, -0.2) is 54.1 Å². The van der Waals surface area contributed by atoms with Gasteiger partial charge in [-0.3, -0.25) is 24.4 Å². The van der Waals surface area contributed by atoms with Gasteiger partial charge in [-0.2, -0.15) is 0 Å². The van der Waals surface area contributed by atoms with Gasteiger partial charge in [-0.25, -0.2) is 17.6 Å². The van der Waals surface area contributed by atoms with Gasteiger partial charge < -0.3 is 18.7 Å². The van der Waals surface area contributed by atoms with Gasteiger partial charge in [-0.05, 0) is 100.0 Å². The van der Waals surface area contributed by atoms with Crippen LogP contribution >= 0.6 is 112 Å². The van der Waals surface area contributed by atoms with Crippen LogP contribution in [0.3, 0.4) is 0 Å². The van der Waals surface area contributed by atoms with E-state index in [2.05, 4.69) is 74.6 Å². The fourth-order valence-electron chi connectivity index (χ4n) is 6.46. The van der Waals surface area contributed by atoms with Crippen molar-refractivity contribution in [2.24, 2.45) is 0 Å². The van der Waals surface area contributed by atoms with Crippen LogP contribution < -0.4 is 0 Å². The Morgan fingerprint density at radius 3 is 1.44 bits per heavy atom. The van der Waals surface area contributed by atoms with E-state index < -0.39 is 24.9 Å². The van der Waals surface area contributed by atoms with Crippen molar-refractivity contribution in [1.29, 1.82) is 0 Å². The van der Waals surface area contributed by atoms with E-state index in [9.17, 15) is 31.9 Å². The van der Waals surface area contributed by atoms with Crippen LogP contribution in [0.25, 0.3) is 43.6 Å². The zero-order valence-electron chi connectivity index (χ0n) is 38.7. The molecule has 0 bridgehead atoms. The standard InChI is InChI=1S/C12H10BrClFNO.C12H11ClFNO.C10H9ClFN.C8H5ClFN.C2H3ClO.2C2H5.CH4.Al.2BrH.ClH.Cu/c1-2-16-6-8(12(17)5-13)7-3-9(14)10(15)4-11(7)16;1-3-15-6-9(7(2)16)8-4-10(13)11(14)5-12(8)15;1-2-13-4-3-7-5-8(11)9(12)6-10(7)13;9-6-3-5-1-2-11-8(5)4-7(6)10;1-2(3)4;2*1-2;;;;;;/h3-4,6H,2,5H2,1H3;4-6H,3H2,1-2H3;3-6H,2H2,1H3;1-4,11H;1H3;2*1H2,2H3;1H4;;3*1H;/q;;;;;;;;+1;;;;+2/p-3. The van der Waals surface area contributed by atoms with E-state index in [1.807, 2.05) is 52.8 Å². The molecule has 4 aromatic heterocycles. The molecule has 0 saturated carbocycles. The van der Waals surface area contributed by atoms with E-state index >= 15 is 0 Å². The predicted octanol–water partition coefficient (Wildman–Crippen LogP) is 19.5. The number of fused-ring (bicyclic) bond motifs is 4. The summed E-state index contributed by atoms with van der Waals surface area (Å²) in [6, 6.07) is 15.6. The van der Waals surface area contributed by atoms with Crippen molar-refractivity contribution in [3.8, 4) is 0 Å². The molecule has 4 heterocycles. The van der Waals surface area contributed by atoms with Gasteiger partial charge in [0, 0.05) is 89.5 Å². The molecule has 0 unspecified atom stereocenters. The maximum absolute atomic E-state index is 13.4. The average Bonchev–Trinajstić information content (AvgIpc) is 4.11. The molecule has 1 N–H and O–H groups in total. The fourth-order valence-corrected chi connectivity index (χ4v) is 8.01. The van der Waals surface area contributed by atoms with E-state index in [0.29, 0.717) is 46.0 Å². The minimum absolute atomic E-state index is 0. The maximum atomic E-state index is 13.4. The number of nitrogens with one attached hydrogen (secondary N) is 1. The summed E-state index contributed by atoms with van der Waals surface area (Å²) in [5.41, 5.74) is 4.21. The van der Waals surface area contributed by atoms with Crippen molar-refractivity contribution < 1.29 is 43.3 Å². The van der Waals surface area contributed by atoms with Crippen molar-refractivity contribution >= 4 is 186 Å². The van der Waals surface area contributed by atoms with Gasteiger partial charge in [0.25, 0.3) is 0 Å². The summed E-state index contributed by atoms with van der Waals surface area (Å²) >= 11 is 37.1. The monoisotopic (exact) mass is 1360 g/mol. The SMILES string of the molecule is C.CC(=O)Cl.CCn1cc(C(=O)CBr)c2cc(Cl)c(F)cc21.CCn1cc(C(C)=O)c2cc(Cl)c(F)cc21.CCn1ccc2cc(Cl)c(F)cc21.C[CH2][Al]([Cl])[CH2]C.Fc1cc2[nH]ccc2cc1Cl.[Br][Cu][Br]. The first-order valence-electron chi connectivity index (χ1n) is 21.1. The van der Waals surface area contributed by atoms with Gasteiger partial charge in [0.15, 0.2) is 11.6 Å². The molecule has 0 aliphatic heterocycles. The number of alkyl halides is 1. The molecule has 0 aliphatic carbocycles. The number of carbonyl (C=O) groups excluding carboxylic acids is 3. The zero-order valence-corrected chi connectivity index (χ0v) is 50.1. The van der Waals surface area contributed by atoms with Crippen LogP contribution in [-0.2, 0) is 35.8 Å². The molecule has 0 saturated heterocycles. The molecule has 71 heavy (non-hydrogen) atoms. The van der Waals surface area contributed by atoms with Crippen LogP contribution in [0.2, 0.25) is 30.7 Å². The Morgan fingerprint density at radius 2 is 1.03 bits per heavy atom. The van der Waals surface area contributed by atoms with Crippen LogP contribution in [0, 0.1) is 23.3 Å². The second-order valence-corrected chi connectivity index (χ2v) is 26.7. The number of halogens is 13. The summed E-state index contributed by atoms with van der Waals surface area (Å²) in [4.78, 5) is 35.3. The fraction of sp³-hybridized carbons (Fsp3) is 0.286. The number of Topliss-reactive ketones (excluding diaryl/α,β-unsaturated/α-hetero) is 2. The molecule has 0 aliphatic rings. The molecule has 391 valence electrons. The third kappa shape index (κ3) is 20.2. The zero-order chi connectivity index (χ0) is 53.0. The molecule has 0 atom stereocenters. The quantitative estimate of drug-likeness (QED) is 0.0541. The molecule has 8 rings (SSSR count). The second kappa shape index (κ2) is 33.8. The molecule has 22 heteroatoms. The van der Waals surface area contributed by atoms with Gasteiger partial charge in [0.05, 0.1) is 42.0 Å². The van der Waals surface area contributed by atoms with Gasteiger partial charge in [-0.1, -0.05) is 94.2 Å². The Hall–Kier alpha value is -2.00. The molecule has 7 nitrogen and oxygen atoms in total. The molecular weight excluding hydrogens is 1310 g/mol. The first kappa shape index (κ1) is 67.0. The van der Waals surface area contributed by atoms with Crippen LogP contribution in [0.15, 0.2) is 85.5 Å². The number of hydrogen-bond acceptors (Lipinski definition) is 3. The Kier molecular flexibility index (Phi) is 31.9. The summed E-state index contributed by atoms with van der Waals surface area (Å²) in [6.45, 7) is 15.2. The molecule has 0 radical (unpaired) electrons. The topological polar surface area (TPSA) is 81.8 Å². The second-order valence-electron chi connectivity index (χ2n) is 14.5. The molecule has 0 fully saturated rings. The summed E-state index contributed by atoms with van der Waals surface area (Å²) < 4.78 is 58.3. The van der Waals surface area contributed by atoms with Crippen molar-refractivity contribution in [3.63, 3.8) is 0 Å². The van der Waals surface area contributed by atoms with Crippen LogP contribution in [0.4, 0.5) is 17.6 Å². The van der Waals surface area contributed by atoms with Crippen molar-refractivity contribution in [2.45, 2.75) is 86.1 Å². The van der Waals surface area contributed by atoms with Gasteiger partial charge in [0.1, 0.15) is 23.3 Å².